The van der Waals surface area contributed by atoms with E-state index in [0.29, 0.717) is 58.5 Å². The monoisotopic (exact) mass is 371 g/mol. The molecular formula is C17H29N3O6. The maximum Gasteiger partial charge on any atom is 0.306 e. The van der Waals surface area contributed by atoms with Gasteiger partial charge in [-0.1, -0.05) is 6.92 Å². The molecule has 9 nitrogen and oxygen atoms in total. The van der Waals surface area contributed by atoms with E-state index in [1.54, 1.807) is 11.8 Å². The zero-order valence-corrected chi connectivity index (χ0v) is 15.3. The van der Waals surface area contributed by atoms with Crippen LogP contribution in [0, 0.1) is 5.92 Å². The van der Waals surface area contributed by atoms with Crippen molar-refractivity contribution in [3.8, 4) is 0 Å². The fraction of sp³-hybridized carbons (Fsp3) is 0.765. The molecule has 0 aromatic rings. The Morgan fingerprint density at radius 3 is 2.27 bits per heavy atom. The quantitative estimate of drug-likeness (QED) is 0.466. The van der Waals surface area contributed by atoms with E-state index in [9.17, 15) is 19.2 Å². The van der Waals surface area contributed by atoms with Gasteiger partial charge in [-0.15, -0.1) is 0 Å². The Hall–Kier alpha value is -2.16. The molecule has 1 heterocycles. The van der Waals surface area contributed by atoms with Gasteiger partial charge in [0.1, 0.15) is 0 Å². The van der Waals surface area contributed by atoms with E-state index in [1.165, 1.54) is 0 Å². The van der Waals surface area contributed by atoms with Crippen molar-refractivity contribution in [2.75, 3.05) is 39.3 Å². The highest BCUT2D eigenvalue weighted by atomic mass is 16.4. The molecule has 0 spiro atoms. The van der Waals surface area contributed by atoms with Gasteiger partial charge in [-0.05, 0) is 25.9 Å². The molecule has 9 heteroatoms. The Balaban J connectivity index is 2.47. The Morgan fingerprint density at radius 1 is 1.08 bits per heavy atom. The second kappa shape index (κ2) is 11.5. The molecule has 1 aliphatic rings. The average molecular weight is 371 g/mol. The Kier molecular flexibility index (Phi) is 9.64. The van der Waals surface area contributed by atoms with Crippen molar-refractivity contribution in [3.63, 3.8) is 0 Å². The summed E-state index contributed by atoms with van der Waals surface area (Å²) in [4.78, 5) is 48.9. The SMILES string of the molecule is CCC(=O)NCCN(CCN1CCC(C(=O)O)CC1)C(=O)CCC(=O)O. The zero-order valence-electron chi connectivity index (χ0n) is 15.3. The first kappa shape index (κ1) is 21.9. The first-order chi connectivity index (χ1) is 12.3. The Bertz CT molecular complexity index is 503. The summed E-state index contributed by atoms with van der Waals surface area (Å²) in [7, 11) is 0. The second-order valence-electron chi connectivity index (χ2n) is 6.43. The molecule has 1 fully saturated rings. The normalized spacial score (nSPS) is 15.4. The minimum atomic E-state index is -1.02. The first-order valence-electron chi connectivity index (χ1n) is 9.04. The Morgan fingerprint density at radius 2 is 1.73 bits per heavy atom. The van der Waals surface area contributed by atoms with Crippen LogP contribution in [0.3, 0.4) is 0 Å². The second-order valence-corrected chi connectivity index (χ2v) is 6.43. The van der Waals surface area contributed by atoms with Gasteiger partial charge in [0.15, 0.2) is 0 Å². The van der Waals surface area contributed by atoms with E-state index in [1.807, 2.05) is 0 Å². The summed E-state index contributed by atoms with van der Waals surface area (Å²) in [5.41, 5.74) is 0. The standard InChI is InChI=1S/C17H29N3O6/c1-2-14(21)18-7-10-20(15(22)3-4-16(23)24)12-11-19-8-5-13(6-9-19)17(25)26/h13H,2-12H2,1H3,(H,18,21)(H,23,24)(H,25,26). The summed E-state index contributed by atoms with van der Waals surface area (Å²) in [5, 5.41) is 20.5. The minimum absolute atomic E-state index is 0.0713. The van der Waals surface area contributed by atoms with Crippen molar-refractivity contribution in [1.82, 2.24) is 15.1 Å². The van der Waals surface area contributed by atoms with Crippen LogP contribution in [-0.4, -0.2) is 83.0 Å². The molecule has 0 aliphatic carbocycles. The van der Waals surface area contributed by atoms with Crippen LogP contribution in [-0.2, 0) is 19.2 Å². The maximum atomic E-state index is 12.3. The van der Waals surface area contributed by atoms with E-state index < -0.39 is 11.9 Å². The largest absolute Gasteiger partial charge is 0.481 e. The van der Waals surface area contributed by atoms with Crippen LogP contribution in [0.15, 0.2) is 0 Å². The molecule has 0 radical (unpaired) electrons. The fourth-order valence-corrected chi connectivity index (χ4v) is 2.85. The summed E-state index contributed by atoms with van der Waals surface area (Å²) in [6.07, 6.45) is 1.26. The van der Waals surface area contributed by atoms with E-state index in [2.05, 4.69) is 10.2 Å². The molecule has 26 heavy (non-hydrogen) atoms. The summed E-state index contributed by atoms with van der Waals surface area (Å²) in [6, 6.07) is 0. The molecule has 0 atom stereocenters. The van der Waals surface area contributed by atoms with E-state index >= 15 is 0 Å². The van der Waals surface area contributed by atoms with Gasteiger partial charge in [0.2, 0.25) is 11.8 Å². The third-order valence-corrected chi connectivity index (χ3v) is 4.55. The molecule has 1 saturated heterocycles. The molecule has 0 aromatic carbocycles. The molecule has 3 N–H and O–H groups in total. The first-order valence-corrected chi connectivity index (χ1v) is 9.04. The number of piperidine rings is 1. The smallest absolute Gasteiger partial charge is 0.306 e. The summed E-state index contributed by atoms with van der Waals surface area (Å²) < 4.78 is 0. The molecule has 0 saturated carbocycles. The molecule has 0 bridgehead atoms. The number of carboxylic acid groups (broad SMARTS) is 2. The highest BCUT2D eigenvalue weighted by molar-refractivity contribution is 5.81. The number of nitrogens with zero attached hydrogens (tertiary/aromatic N) is 2. The van der Waals surface area contributed by atoms with Crippen molar-refractivity contribution in [1.29, 1.82) is 0 Å². The van der Waals surface area contributed by atoms with Crippen LogP contribution in [0.5, 0.6) is 0 Å². The predicted molar refractivity (Wildman–Crippen MR) is 93.6 cm³/mol. The van der Waals surface area contributed by atoms with Crippen molar-refractivity contribution < 1.29 is 29.4 Å². The zero-order chi connectivity index (χ0) is 19.5. The van der Waals surface area contributed by atoms with Crippen molar-refractivity contribution in [2.45, 2.75) is 39.0 Å². The Labute approximate surface area is 153 Å². The number of hydrogen-bond acceptors (Lipinski definition) is 5. The number of nitrogens with one attached hydrogen (secondary N) is 1. The van der Waals surface area contributed by atoms with Crippen molar-refractivity contribution >= 4 is 23.8 Å². The third kappa shape index (κ3) is 8.28. The topological polar surface area (TPSA) is 127 Å². The van der Waals surface area contributed by atoms with Gasteiger partial charge in [-0.2, -0.15) is 0 Å². The lowest BCUT2D eigenvalue weighted by atomic mass is 9.97. The van der Waals surface area contributed by atoms with Gasteiger partial charge in [0.05, 0.1) is 12.3 Å². The summed E-state index contributed by atoms with van der Waals surface area (Å²) >= 11 is 0. The van der Waals surface area contributed by atoms with Crippen LogP contribution >= 0.6 is 0 Å². The highest BCUT2D eigenvalue weighted by Gasteiger charge is 2.25. The molecular weight excluding hydrogens is 342 g/mol. The maximum absolute atomic E-state index is 12.3. The number of amides is 2. The van der Waals surface area contributed by atoms with Crippen molar-refractivity contribution in [2.24, 2.45) is 5.92 Å². The van der Waals surface area contributed by atoms with E-state index in [-0.39, 0.29) is 30.6 Å². The summed E-state index contributed by atoms with van der Waals surface area (Å²) in [5.74, 6) is -2.43. The van der Waals surface area contributed by atoms with Gasteiger partial charge < -0.3 is 25.3 Å². The number of carboxylic acids is 2. The van der Waals surface area contributed by atoms with Gasteiger partial charge in [0, 0.05) is 39.0 Å². The number of likely N-dealkylation sites (tertiary alicyclic amines) is 1. The lowest BCUT2D eigenvalue weighted by molar-refractivity contribution is -0.143. The van der Waals surface area contributed by atoms with Gasteiger partial charge in [-0.25, -0.2) is 0 Å². The summed E-state index contributed by atoms with van der Waals surface area (Å²) in [6.45, 7) is 4.76. The molecule has 2 amide bonds. The predicted octanol–water partition coefficient (Wildman–Crippen LogP) is 0.00260. The number of carbonyl (C=O) groups is 4. The van der Waals surface area contributed by atoms with Crippen LogP contribution in [0.25, 0.3) is 0 Å². The van der Waals surface area contributed by atoms with E-state index in [0.717, 1.165) is 0 Å². The van der Waals surface area contributed by atoms with Gasteiger partial charge in [-0.3, -0.25) is 19.2 Å². The lowest BCUT2D eigenvalue weighted by Crippen LogP contribution is -2.45. The average Bonchev–Trinajstić information content (AvgIpc) is 2.62. The number of rotatable bonds is 11. The molecule has 148 valence electrons. The lowest BCUT2D eigenvalue weighted by Gasteiger charge is -2.32. The van der Waals surface area contributed by atoms with Crippen molar-refractivity contribution in [3.05, 3.63) is 0 Å². The van der Waals surface area contributed by atoms with Gasteiger partial charge in [0.25, 0.3) is 0 Å². The number of hydrogen-bond donors (Lipinski definition) is 3. The minimum Gasteiger partial charge on any atom is -0.481 e. The van der Waals surface area contributed by atoms with Crippen LogP contribution < -0.4 is 5.32 Å². The molecule has 0 unspecified atom stereocenters. The highest BCUT2D eigenvalue weighted by Crippen LogP contribution is 2.17. The van der Waals surface area contributed by atoms with Gasteiger partial charge >= 0.3 is 11.9 Å². The van der Waals surface area contributed by atoms with E-state index in [4.69, 9.17) is 10.2 Å². The number of aliphatic carboxylic acids is 2. The van der Waals surface area contributed by atoms with Crippen LogP contribution in [0.4, 0.5) is 0 Å². The number of carbonyl (C=O) groups excluding carboxylic acids is 2. The van der Waals surface area contributed by atoms with Crippen LogP contribution in [0.2, 0.25) is 0 Å². The molecule has 1 aliphatic heterocycles. The molecule has 0 aromatic heterocycles. The fourth-order valence-electron chi connectivity index (χ4n) is 2.85. The van der Waals surface area contributed by atoms with Crippen LogP contribution in [0.1, 0.15) is 39.0 Å². The molecule has 1 rings (SSSR count). The third-order valence-electron chi connectivity index (χ3n) is 4.55.